The quantitative estimate of drug-likeness (QED) is 0.699. The Kier molecular flexibility index (Phi) is 5.73. The van der Waals surface area contributed by atoms with E-state index in [2.05, 4.69) is 0 Å². The third-order valence-corrected chi connectivity index (χ3v) is 6.26. The summed E-state index contributed by atoms with van der Waals surface area (Å²) in [5, 5.41) is 0. The number of rotatable bonds is 6. The fraction of sp³-hybridized carbons (Fsp3) is 0.421. The summed E-state index contributed by atoms with van der Waals surface area (Å²) < 4.78 is 25.3. The summed E-state index contributed by atoms with van der Waals surface area (Å²) >= 11 is 0. The molecule has 1 saturated carbocycles. The van der Waals surface area contributed by atoms with E-state index in [1.165, 1.54) is 12.3 Å². The first-order valence-corrected chi connectivity index (χ1v) is 11.2. The average Bonchev–Trinajstić information content (AvgIpc) is 3.26. The Hall–Kier alpha value is -1.79. The van der Waals surface area contributed by atoms with Crippen molar-refractivity contribution in [3.63, 3.8) is 0 Å². The van der Waals surface area contributed by atoms with Crippen molar-refractivity contribution < 1.29 is 13.2 Å². The largest absolute Gasteiger partial charge is 0.338 e. The maximum Gasteiger partial charge on any atom is 0.270 e. The summed E-state index contributed by atoms with van der Waals surface area (Å²) in [6.45, 7) is 2.97. The van der Waals surface area contributed by atoms with Gasteiger partial charge in [-0.2, -0.15) is 0 Å². The van der Waals surface area contributed by atoms with E-state index in [0.29, 0.717) is 18.8 Å². The zero-order valence-corrected chi connectivity index (χ0v) is 16.3. The van der Waals surface area contributed by atoms with Gasteiger partial charge in [0.1, 0.15) is 10.6 Å². The molecule has 0 N–H and O–H groups in total. The van der Waals surface area contributed by atoms with E-state index >= 15 is 0 Å². The highest BCUT2D eigenvalue weighted by molar-refractivity contribution is 8.13. The number of hydrogen-bond acceptors (Lipinski definition) is 3. The van der Waals surface area contributed by atoms with Crippen LogP contribution in [0.3, 0.4) is 0 Å². The molecule has 1 aromatic carbocycles. The van der Waals surface area contributed by atoms with Crippen LogP contribution in [0.25, 0.3) is 0 Å². The maximum absolute atomic E-state index is 13.2. The summed E-state index contributed by atoms with van der Waals surface area (Å²) in [6.07, 6.45) is 5.70. The number of amides is 1. The van der Waals surface area contributed by atoms with Crippen molar-refractivity contribution in [3.05, 3.63) is 53.9 Å². The van der Waals surface area contributed by atoms with Gasteiger partial charge in [0.2, 0.25) is 0 Å². The second-order valence-electron chi connectivity index (χ2n) is 6.64. The molecule has 1 amide bonds. The average molecular weight is 395 g/mol. The molecule has 1 aromatic heterocycles. The molecule has 0 radical (unpaired) electrons. The van der Waals surface area contributed by atoms with Crippen LogP contribution in [-0.4, -0.2) is 36.4 Å². The smallest absolute Gasteiger partial charge is 0.270 e. The van der Waals surface area contributed by atoms with Gasteiger partial charge >= 0.3 is 0 Å². The molecular weight excluding hydrogens is 372 g/mol. The molecule has 1 heterocycles. The lowest BCUT2D eigenvalue weighted by Crippen LogP contribution is -2.39. The van der Waals surface area contributed by atoms with Crippen LogP contribution in [0.4, 0.5) is 0 Å². The normalized spacial score (nSPS) is 15.3. The Morgan fingerprint density at radius 1 is 1.23 bits per heavy atom. The van der Waals surface area contributed by atoms with Crippen LogP contribution >= 0.6 is 10.7 Å². The number of carbonyl (C=O) groups excluding carboxylic acids is 1. The van der Waals surface area contributed by atoms with Gasteiger partial charge in [-0.05, 0) is 31.4 Å². The number of benzene rings is 1. The lowest BCUT2D eigenvalue weighted by molar-refractivity contribution is 0.0683. The number of halogens is 1. The predicted molar refractivity (Wildman–Crippen MR) is 102 cm³/mol. The highest BCUT2D eigenvalue weighted by Crippen LogP contribution is 2.27. The summed E-state index contributed by atoms with van der Waals surface area (Å²) in [4.78, 5) is 15.0. The van der Waals surface area contributed by atoms with E-state index in [1.807, 2.05) is 42.2 Å². The first kappa shape index (κ1) is 19.0. The van der Waals surface area contributed by atoms with Crippen LogP contribution < -0.4 is 0 Å². The first-order valence-electron chi connectivity index (χ1n) is 8.90. The molecular formula is C19H23ClN2O3S. The standard InChI is InChI=1S/C19H23ClN2O3S/c1-2-22(16-10-6-7-11-16)19(23)18-12-17(26(20,24)25)14-21(18)13-15-8-4-3-5-9-15/h3-5,8-9,12,14,16H,2,6-7,10-11,13H2,1H3. The van der Waals surface area contributed by atoms with Crippen molar-refractivity contribution in [1.29, 1.82) is 0 Å². The van der Waals surface area contributed by atoms with Crippen LogP contribution in [0.15, 0.2) is 47.5 Å². The molecule has 0 saturated heterocycles. The number of hydrogen-bond donors (Lipinski definition) is 0. The van der Waals surface area contributed by atoms with Gasteiger partial charge in [0.15, 0.2) is 0 Å². The van der Waals surface area contributed by atoms with Gasteiger partial charge in [0, 0.05) is 36.0 Å². The van der Waals surface area contributed by atoms with Gasteiger partial charge in [-0.3, -0.25) is 4.79 Å². The minimum Gasteiger partial charge on any atom is -0.338 e. The van der Waals surface area contributed by atoms with E-state index in [0.717, 1.165) is 31.2 Å². The molecule has 0 unspecified atom stereocenters. The molecule has 3 rings (SSSR count). The summed E-state index contributed by atoms with van der Waals surface area (Å²) in [6, 6.07) is 11.2. The molecule has 1 aliphatic carbocycles. The van der Waals surface area contributed by atoms with Crippen molar-refractivity contribution >= 4 is 25.6 Å². The van der Waals surface area contributed by atoms with E-state index in [-0.39, 0.29) is 16.8 Å². The van der Waals surface area contributed by atoms with Gasteiger partial charge in [-0.25, -0.2) is 8.42 Å². The number of nitrogens with zero attached hydrogens (tertiary/aromatic N) is 2. The fourth-order valence-corrected chi connectivity index (χ4v) is 4.40. The lowest BCUT2D eigenvalue weighted by atomic mass is 10.2. The minimum absolute atomic E-state index is 0.0408. The molecule has 1 fully saturated rings. The molecule has 140 valence electrons. The molecule has 0 bridgehead atoms. The maximum atomic E-state index is 13.2. The van der Waals surface area contributed by atoms with E-state index < -0.39 is 9.05 Å². The number of aromatic nitrogens is 1. The summed E-state index contributed by atoms with van der Waals surface area (Å²) in [7, 11) is 1.62. The summed E-state index contributed by atoms with van der Waals surface area (Å²) in [5.74, 6) is -0.137. The third-order valence-electron chi connectivity index (χ3n) is 4.93. The van der Waals surface area contributed by atoms with E-state index in [1.54, 1.807) is 4.57 Å². The monoisotopic (exact) mass is 394 g/mol. The Labute approximate surface area is 159 Å². The topological polar surface area (TPSA) is 59.4 Å². The van der Waals surface area contributed by atoms with Gasteiger partial charge in [-0.1, -0.05) is 43.2 Å². The van der Waals surface area contributed by atoms with Crippen molar-refractivity contribution in [2.24, 2.45) is 0 Å². The molecule has 1 aliphatic rings. The molecule has 5 nitrogen and oxygen atoms in total. The molecule has 2 aromatic rings. The highest BCUT2D eigenvalue weighted by Gasteiger charge is 2.29. The molecule has 0 aliphatic heterocycles. The molecule has 26 heavy (non-hydrogen) atoms. The molecule has 7 heteroatoms. The van der Waals surface area contributed by atoms with Crippen molar-refractivity contribution in [2.45, 2.75) is 50.1 Å². The second-order valence-corrected chi connectivity index (χ2v) is 9.21. The van der Waals surface area contributed by atoms with Crippen molar-refractivity contribution in [2.75, 3.05) is 6.54 Å². The van der Waals surface area contributed by atoms with Gasteiger partial charge in [-0.15, -0.1) is 0 Å². The van der Waals surface area contributed by atoms with Crippen LogP contribution in [0.2, 0.25) is 0 Å². The zero-order valence-electron chi connectivity index (χ0n) is 14.8. The van der Waals surface area contributed by atoms with Crippen LogP contribution in [0, 0.1) is 0 Å². The Bertz CT molecular complexity index is 871. The van der Waals surface area contributed by atoms with Crippen LogP contribution in [0.1, 0.15) is 48.7 Å². The third kappa shape index (κ3) is 4.13. The summed E-state index contributed by atoms with van der Waals surface area (Å²) in [5.41, 5.74) is 1.35. The SMILES string of the molecule is CCN(C(=O)c1cc(S(=O)(=O)Cl)cn1Cc1ccccc1)C1CCCC1. The van der Waals surface area contributed by atoms with E-state index in [9.17, 15) is 13.2 Å². The van der Waals surface area contributed by atoms with Gasteiger partial charge < -0.3 is 9.47 Å². The fourth-order valence-electron chi connectivity index (χ4n) is 3.64. The van der Waals surface area contributed by atoms with Crippen LogP contribution in [-0.2, 0) is 15.6 Å². The Balaban J connectivity index is 1.98. The van der Waals surface area contributed by atoms with Gasteiger partial charge in [0.05, 0.1) is 0 Å². The lowest BCUT2D eigenvalue weighted by Gasteiger charge is -2.28. The second kappa shape index (κ2) is 7.84. The van der Waals surface area contributed by atoms with E-state index in [4.69, 9.17) is 10.7 Å². The molecule has 0 atom stereocenters. The minimum atomic E-state index is -3.90. The zero-order chi connectivity index (χ0) is 18.7. The first-order chi connectivity index (χ1) is 12.4. The Morgan fingerprint density at radius 3 is 2.46 bits per heavy atom. The Morgan fingerprint density at radius 2 is 1.88 bits per heavy atom. The van der Waals surface area contributed by atoms with Gasteiger partial charge in [0.25, 0.3) is 15.0 Å². The van der Waals surface area contributed by atoms with Crippen molar-refractivity contribution in [3.8, 4) is 0 Å². The highest BCUT2D eigenvalue weighted by atomic mass is 35.7. The predicted octanol–water partition coefficient (Wildman–Crippen LogP) is 3.87. The molecule has 0 spiro atoms. The van der Waals surface area contributed by atoms with Crippen molar-refractivity contribution in [1.82, 2.24) is 9.47 Å². The van der Waals surface area contributed by atoms with Crippen LogP contribution in [0.5, 0.6) is 0 Å². The number of carbonyl (C=O) groups is 1.